The summed E-state index contributed by atoms with van der Waals surface area (Å²) in [4.78, 5) is 15.4. The van der Waals surface area contributed by atoms with Crippen molar-refractivity contribution in [2.45, 2.75) is 6.92 Å². The molecule has 5 heteroatoms. The highest BCUT2D eigenvalue weighted by atomic mass is 35.5. The van der Waals surface area contributed by atoms with Gasteiger partial charge in [-0.05, 0) is 30.7 Å². The van der Waals surface area contributed by atoms with Crippen LogP contribution in [-0.2, 0) is 0 Å². The molecule has 1 aromatic heterocycles. The van der Waals surface area contributed by atoms with Crippen LogP contribution in [0.25, 0.3) is 0 Å². The summed E-state index contributed by atoms with van der Waals surface area (Å²) in [6.45, 7) is 1.82. The van der Waals surface area contributed by atoms with E-state index in [1.54, 1.807) is 12.1 Å². The van der Waals surface area contributed by atoms with E-state index in [2.05, 4.69) is 10.3 Å². The van der Waals surface area contributed by atoms with Crippen LogP contribution in [0, 0.1) is 12.9 Å². The Kier molecular flexibility index (Phi) is 3.58. The standard InChI is InChI=1S/C13H10ClFN2O/c1-8-4-2-5-9(14)12(8)17-13(18)10-6-3-7-11(15)16-10/h2-7H,1H3,(H,17,18). The predicted molar refractivity (Wildman–Crippen MR) is 68.3 cm³/mol. The third-order valence-electron chi connectivity index (χ3n) is 2.41. The summed E-state index contributed by atoms with van der Waals surface area (Å²) in [5, 5.41) is 3.05. The summed E-state index contributed by atoms with van der Waals surface area (Å²) in [6.07, 6.45) is 0. The maximum Gasteiger partial charge on any atom is 0.274 e. The summed E-state index contributed by atoms with van der Waals surface area (Å²) in [7, 11) is 0. The van der Waals surface area contributed by atoms with Crippen LogP contribution in [0.1, 0.15) is 16.1 Å². The van der Waals surface area contributed by atoms with Crippen molar-refractivity contribution in [1.82, 2.24) is 4.98 Å². The molecular weight excluding hydrogens is 255 g/mol. The van der Waals surface area contributed by atoms with Crippen molar-refractivity contribution in [3.63, 3.8) is 0 Å². The minimum absolute atomic E-state index is 0.00863. The number of halogens is 2. The van der Waals surface area contributed by atoms with Crippen LogP contribution in [0.3, 0.4) is 0 Å². The number of hydrogen-bond donors (Lipinski definition) is 1. The Labute approximate surface area is 109 Å². The Morgan fingerprint density at radius 1 is 1.28 bits per heavy atom. The predicted octanol–water partition coefficient (Wildman–Crippen LogP) is 3.43. The van der Waals surface area contributed by atoms with Crippen LogP contribution in [-0.4, -0.2) is 10.9 Å². The molecule has 0 saturated heterocycles. The number of carbonyl (C=O) groups excluding carboxylic acids is 1. The van der Waals surface area contributed by atoms with Gasteiger partial charge in [0.25, 0.3) is 5.91 Å². The number of rotatable bonds is 2. The number of aryl methyl sites for hydroxylation is 1. The van der Waals surface area contributed by atoms with E-state index in [4.69, 9.17) is 11.6 Å². The van der Waals surface area contributed by atoms with Crippen LogP contribution >= 0.6 is 11.6 Å². The lowest BCUT2D eigenvalue weighted by Gasteiger charge is -2.09. The second-order valence-electron chi connectivity index (χ2n) is 3.73. The zero-order valence-electron chi connectivity index (χ0n) is 9.58. The Hall–Kier alpha value is -1.94. The first-order valence-corrected chi connectivity index (χ1v) is 5.65. The van der Waals surface area contributed by atoms with Crippen molar-refractivity contribution in [3.8, 4) is 0 Å². The zero-order chi connectivity index (χ0) is 13.1. The molecule has 2 aromatic rings. The molecule has 0 bridgehead atoms. The van der Waals surface area contributed by atoms with Crippen molar-refractivity contribution >= 4 is 23.2 Å². The molecule has 0 aliphatic rings. The quantitative estimate of drug-likeness (QED) is 0.845. The Balaban J connectivity index is 2.27. The average molecular weight is 265 g/mol. The van der Waals surface area contributed by atoms with Crippen molar-refractivity contribution in [3.05, 3.63) is 58.6 Å². The number of benzene rings is 1. The minimum atomic E-state index is -0.696. The summed E-state index contributed by atoms with van der Waals surface area (Å²) in [5.41, 5.74) is 1.34. The molecule has 0 fully saturated rings. The highest BCUT2D eigenvalue weighted by Crippen LogP contribution is 2.25. The average Bonchev–Trinajstić information content (AvgIpc) is 2.34. The van der Waals surface area contributed by atoms with Crippen LogP contribution in [0.5, 0.6) is 0 Å². The van der Waals surface area contributed by atoms with Gasteiger partial charge in [-0.3, -0.25) is 4.79 Å². The Morgan fingerprint density at radius 3 is 2.67 bits per heavy atom. The molecule has 0 radical (unpaired) electrons. The van der Waals surface area contributed by atoms with Gasteiger partial charge in [-0.25, -0.2) is 4.98 Å². The number of nitrogens with one attached hydrogen (secondary N) is 1. The maximum atomic E-state index is 12.9. The minimum Gasteiger partial charge on any atom is -0.319 e. The second kappa shape index (κ2) is 5.14. The van der Waals surface area contributed by atoms with Crippen LogP contribution in [0.4, 0.5) is 10.1 Å². The molecule has 3 nitrogen and oxygen atoms in total. The van der Waals surface area contributed by atoms with Gasteiger partial charge >= 0.3 is 0 Å². The molecule has 0 saturated carbocycles. The summed E-state index contributed by atoms with van der Waals surface area (Å²) < 4.78 is 12.9. The van der Waals surface area contributed by atoms with Crippen LogP contribution < -0.4 is 5.32 Å². The van der Waals surface area contributed by atoms with Crippen molar-refractivity contribution in [2.75, 3.05) is 5.32 Å². The number of hydrogen-bond acceptors (Lipinski definition) is 2. The van der Waals surface area contributed by atoms with Crippen molar-refractivity contribution < 1.29 is 9.18 Å². The van der Waals surface area contributed by atoms with E-state index in [-0.39, 0.29) is 5.69 Å². The molecule has 18 heavy (non-hydrogen) atoms. The van der Waals surface area contributed by atoms with Gasteiger partial charge in [-0.2, -0.15) is 4.39 Å². The second-order valence-corrected chi connectivity index (χ2v) is 4.14. The lowest BCUT2D eigenvalue weighted by molar-refractivity contribution is 0.102. The van der Waals surface area contributed by atoms with E-state index < -0.39 is 11.9 Å². The number of anilines is 1. The molecule has 0 aliphatic heterocycles. The molecule has 2 rings (SSSR count). The first-order chi connectivity index (χ1) is 8.58. The molecule has 0 spiro atoms. The highest BCUT2D eigenvalue weighted by Gasteiger charge is 2.11. The third kappa shape index (κ3) is 2.65. The monoisotopic (exact) mass is 264 g/mol. The molecule has 0 atom stereocenters. The largest absolute Gasteiger partial charge is 0.319 e. The van der Waals surface area contributed by atoms with Gasteiger partial charge in [0, 0.05) is 0 Å². The number of pyridine rings is 1. The number of para-hydroxylation sites is 1. The number of amides is 1. The highest BCUT2D eigenvalue weighted by molar-refractivity contribution is 6.34. The zero-order valence-corrected chi connectivity index (χ0v) is 10.3. The van der Waals surface area contributed by atoms with E-state index >= 15 is 0 Å². The summed E-state index contributed by atoms with van der Waals surface area (Å²) in [5.74, 6) is -1.19. The Bertz CT molecular complexity index is 581. The molecule has 1 N–H and O–H groups in total. The third-order valence-corrected chi connectivity index (χ3v) is 2.72. The van der Waals surface area contributed by atoms with E-state index in [1.807, 2.05) is 13.0 Å². The molecule has 1 aromatic carbocycles. The van der Waals surface area contributed by atoms with Gasteiger partial charge in [0.2, 0.25) is 5.95 Å². The summed E-state index contributed by atoms with van der Waals surface area (Å²) >= 11 is 5.98. The van der Waals surface area contributed by atoms with Crippen molar-refractivity contribution in [2.24, 2.45) is 0 Å². The van der Waals surface area contributed by atoms with Gasteiger partial charge in [0.1, 0.15) is 5.69 Å². The topological polar surface area (TPSA) is 42.0 Å². The fourth-order valence-electron chi connectivity index (χ4n) is 1.50. The smallest absolute Gasteiger partial charge is 0.274 e. The van der Waals surface area contributed by atoms with E-state index in [0.717, 1.165) is 5.56 Å². The first kappa shape index (κ1) is 12.5. The fraction of sp³-hybridized carbons (Fsp3) is 0.0769. The van der Waals surface area contributed by atoms with Crippen molar-refractivity contribution in [1.29, 1.82) is 0 Å². The van der Waals surface area contributed by atoms with Gasteiger partial charge in [-0.1, -0.05) is 29.8 Å². The normalized spacial score (nSPS) is 10.2. The Morgan fingerprint density at radius 2 is 2.00 bits per heavy atom. The van der Waals surface area contributed by atoms with Gasteiger partial charge < -0.3 is 5.32 Å². The van der Waals surface area contributed by atoms with Gasteiger partial charge in [0.05, 0.1) is 10.7 Å². The molecular formula is C13H10ClFN2O. The molecule has 0 unspecified atom stereocenters. The van der Waals surface area contributed by atoms with E-state index in [9.17, 15) is 9.18 Å². The first-order valence-electron chi connectivity index (χ1n) is 5.27. The molecule has 0 aliphatic carbocycles. The fourth-order valence-corrected chi connectivity index (χ4v) is 1.77. The molecule has 1 amide bonds. The van der Waals surface area contributed by atoms with E-state index in [0.29, 0.717) is 10.7 Å². The van der Waals surface area contributed by atoms with Gasteiger partial charge in [-0.15, -0.1) is 0 Å². The molecule has 92 valence electrons. The lowest BCUT2D eigenvalue weighted by atomic mass is 10.2. The lowest BCUT2D eigenvalue weighted by Crippen LogP contribution is -2.15. The SMILES string of the molecule is Cc1cccc(Cl)c1NC(=O)c1cccc(F)n1. The summed E-state index contributed by atoms with van der Waals surface area (Å²) in [6, 6.07) is 9.32. The maximum absolute atomic E-state index is 12.9. The van der Waals surface area contributed by atoms with E-state index in [1.165, 1.54) is 18.2 Å². The van der Waals surface area contributed by atoms with Crippen LogP contribution in [0.15, 0.2) is 36.4 Å². The van der Waals surface area contributed by atoms with Crippen LogP contribution in [0.2, 0.25) is 5.02 Å². The molecule has 1 heterocycles. The number of nitrogens with zero attached hydrogens (tertiary/aromatic N) is 1. The number of carbonyl (C=O) groups is 1. The van der Waals surface area contributed by atoms with Gasteiger partial charge in [0.15, 0.2) is 0 Å². The number of aromatic nitrogens is 1.